The number of aryl methyl sites for hydroxylation is 1. The lowest BCUT2D eigenvalue weighted by Crippen LogP contribution is -2.37. The van der Waals surface area contributed by atoms with E-state index in [4.69, 9.17) is 4.74 Å². The zero-order valence-corrected chi connectivity index (χ0v) is 29.3. The fourth-order valence-electron chi connectivity index (χ4n) is 5.76. The fraction of sp³-hybridized carbons (Fsp3) is 0.463. The Morgan fingerprint density at radius 1 is 0.978 bits per heavy atom. The number of hydrogen-bond donors (Lipinski definition) is 3. The Morgan fingerprint density at radius 3 is 2.31 bits per heavy atom. The average Bonchev–Trinajstić information content (AvgIpc) is 2.98. The smallest absolute Gasteiger partial charge is 0.121 e. The van der Waals surface area contributed by atoms with Crippen LogP contribution >= 0.6 is 0 Å². The molecule has 0 aliphatic heterocycles. The van der Waals surface area contributed by atoms with E-state index < -0.39 is 0 Å². The van der Waals surface area contributed by atoms with Crippen molar-refractivity contribution in [3.63, 3.8) is 0 Å². The van der Waals surface area contributed by atoms with Gasteiger partial charge in [0.25, 0.3) is 0 Å². The van der Waals surface area contributed by atoms with E-state index in [0.717, 1.165) is 67.8 Å². The van der Waals surface area contributed by atoms with Gasteiger partial charge in [0.15, 0.2) is 0 Å². The van der Waals surface area contributed by atoms with Crippen molar-refractivity contribution in [1.29, 1.82) is 0 Å². The molecule has 0 aromatic heterocycles. The summed E-state index contributed by atoms with van der Waals surface area (Å²) in [5, 5.41) is 10.9. The minimum absolute atomic E-state index is 0.0142. The molecule has 0 spiro atoms. The maximum atomic E-state index is 5.48. The zero-order chi connectivity index (χ0) is 33.4. The molecule has 2 aromatic carbocycles. The molecule has 0 heterocycles. The summed E-state index contributed by atoms with van der Waals surface area (Å²) < 4.78 is 5.48. The lowest BCUT2D eigenvalue weighted by Gasteiger charge is -2.25. The first kappa shape index (κ1) is 37.7. The summed E-state index contributed by atoms with van der Waals surface area (Å²) in [4.78, 5) is 0. The maximum Gasteiger partial charge on any atom is 0.121 e. The van der Waals surface area contributed by atoms with Gasteiger partial charge in [-0.15, -0.1) is 0 Å². The number of nitrogens with one attached hydrogen (secondary N) is 3. The maximum absolute atomic E-state index is 5.48. The van der Waals surface area contributed by atoms with Gasteiger partial charge in [-0.25, -0.2) is 0 Å². The minimum Gasteiger partial charge on any atom is -0.496 e. The van der Waals surface area contributed by atoms with Gasteiger partial charge in [-0.1, -0.05) is 99.9 Å². The van der Waals surface area contributed by atoms with Gasteiger partial charge in [0.2, 0.25) is 0 Å². The molecule has 4 nitrogen and oxygen atoms in total. The highest BCUT2D eigenvalue weighted by molar-refractivity contribution is 5.37. The first-order chi connectivity index (χ1) is 21.4. The second-order valence-electron chi connectivity index (χ2n) is 13.2. The molecule has 0 aliphatic carbocycles. The lowest BCUT2D eigenvalue weighted by molar-refractivity contribution is 0.411. The molecule has 0 aliphatic rings. The summed E-state index contributed by atoms with van der Waals surface area (Å²) in [6, 6.07) is 17.7. The van der Waals surface area contributed by atoms with E-state index in [9.17, 15) is 0 Å². The van der Waals surface area contributed by atoms with Gasteiger partial charge in [-0.2, -0.15) is 0 Å². The molecule has 0 radical (unpaired) electrons. The van der Waals surface area contributed by atoms with Crippen LogP contribution in [-0.4, -0.2) is 25.7 Å². The highest BCUT2D eigenvalue weighted by Crippen LogP contribution is 2.26. The number of methoxy groups -OCH3 is 1. The highest BCUT2D eigenvalue weighted by atomic mass is 16.5. The summed E-state index contributed by atoms with van der Waals surface area (Å²) in [6.45, 7) is 31.4. The zero-order valence-electron chi connectivity index (χ0n) is 29.3. The van der Waals surface area contributed by atoms with Crippen molar-refractivity contribution < 1.29 is 4.74 Å². The van der Waals surface area contributed by atoms with Gasteiger partial charge < -0.3 is 20.7 Å². The van der Waals surface area contributed by atoms with Crippen molar-refractivity contribution in [1.82, 2.24) is 16.0 Å². The normalized spacial score (nSPS) is 14.0. The summed E-state index contributed by atoms with van der Waals surface area (Å²) in [7, 11) is 1.71. The first-order valence-corrected chi connectivity index (χ1v) is 16.7. The molecular formula is C41H61N3O. The van der Waals surface area contributed by atoms with Crippen molar-refractivity contribution in [2.45, 2.75) is 98.2 Å². The molecule has 2 aromatic rings. The van der Waals surface area contributed by atoms with Crippen molar-refractivity contribution in [3.05, 3.63) is 126 Å². The molecule has 0 saturated heterocycles. The molecule has 3 N–H and O–H groups in total. The molecule has 0 amide bonds. The Balaban J connectivity index is 1.96. The number of hydrogen-bond acceptors (Lipinski definition) is 4. The fourth-order valence-corrected chi connectivity index (χ4v) is 5.76. The van der Waals surface area contributed by atoms with Gasteiger partial charge >= 0.3 is 0 Å². The third-order valence-electron chi connectivity index (χ3n) is 8.42. The molecule has 0 fully saturated rings. The van der Waals surface area contributed by atoms with Crippen LogP contribution in [0.4, 0.5) is 0 Å². The second kappa shape index (κ2) is 19.8. The molecule has 246 valence electrons. The Labute approximate surface area is 275 Å². The monoisotopic (exact) mass is 611 g/mol. The largest absolute Gasteiger partial charge is 0.496 e. The van der Waals surface area contributed by atoms with Crippen LogP contribution in [0.15, 0.2) is 110 Å². The van der Waals surface area contributed by atoms with E-state index in [1.165, 1.54) is 22.3 Å². The Kier molecular flexibility index (Phi) is 16.6. The van der Waals surface area contributed by atoms with Crippen LogP contribution in [0.2, 0.25) is 0 Å². The summed E-state index contributed by atoms with van der Waals surface area (Å²) >= 11 is 0. The minimum atomic E-state index is -0.0142. The molecule has 4 heteroatoms. The lowest BCUT2D eigenvalue weighted by atomic mass is 9.86. The van der Waals surface area contributed by atoms with Gasteiger partial charge in [-0.05, 0) is 107 Å². The predicted molar refractivity (Wildman–Crippen MR) is 197 cm³/mol. The number of benzene rings is 2. The molecular weight excluding hydrogens is 550 g/mol. The molecule has 0 bridgehead atoms. The van der Waals surface area contributed by atoms with Crippen LogP contribution in [0.25, 0.3) is 0 Å². The SMILES string of the molecule is C=C(CCNC(=C)[C@@H](Cc1ccc(OC)c(C)c1)NC(=C)/C=C/CCC(C)NC(C)c1ccccc1)CC(CC(C)C)C(=C)C. The second-order valence-corrected chi connectivity index (χ2v) is 13.2. The van der Waals surface area contributed by atoms with Crippen molar-refractivity contribution in [3.8, 4) is 5.75 Å². The summed E-state index contributed by atoms with van der Waals surface area (Å²) in [6.07, 6.45) is 10.2. The van der Waals surface area contributed by atoms with Crippen molar-refractivity contribution in [2.75, 3.05) is 13.7 Å². The standard InChI is InChI=1S/C41H61N3O/c1-29(2)25-39(30(3)4)26-31(5)23-24-42-36(10)40(28-37-21-22-41(45-11)32(6)27-37)44-34(8)18-16-15-17-33(7)43-35(9)38-19-13-12-14-20-38/h12-14,16,18-22,27,29,33,35,39-40,42-44H,3,5,8,10,15,17,23-26,28H2,1-2,4,6-7,9,11H3/b18-16+/t33?,35?,39?,40-/m1/s1. The van der Waals surface area contributed by atoms with E-state index >= 15 is 0 Å². The molecule has 3 unspecified atom stereocenters. The first-order valence-electron chi connectivity index (χ1n) is 16.7. The third-order valence-corrected chi connectivity index (χ3v) is 8.42. The Hall–Kier alpha value is -3.50. The molecule has 4 atom stereocenters. The summed E-state index contributed by atoms with van der Waals surface area (Å²) in [5.74, 6) is 2.05. The van der Waals surface area contributed by atoms with Crippen molar-refractivity contribution >= 4 is 0 Å². The molecule has 2 rings (SSSR count). The predicted octanol–water partition coefficient (Wildman–Crippen LogP) is 9.77. The van der Waals surface area contributed by atoms with Crippen LogP contribution in [0.5, 0.6) is 5.75 Å². The van der Waals surface area contributed by atoms with Crippen LogP contribution in [0.1, 0.15) is 89.5 Å². The van der Waals surface area contributed by atoms with Gasteiger partial charge in [0.05, 0.1) is 13.2 Å². The van der Waals surface area contributed by atoms with E-state index in [-0.39, 0.29) is 6.04 Å². The molecule has 45 heavy (non-hydrogen) atoms. The van der Waals surface area contributed by atoms with E-state index in [0.29, 0.717) is 23.9 Å². The average molecular weight is 612 g/mol. The summed E-state index contributed by atoms with van der Waals surface area (Å²) in [5.41, 5.74) is 8.01. The van der Waals surface area contributed by atoms with Crippen molar-refractivity contribution in [2.24, 2.45) is 11.8 Å². The molecule has 0 saturated carbocycles. The van der Waals surface area contributed by atoms with Gasteiger partial charge in [0.1, 0.15) is 5.75 Å². The number of allylic oxidation sites excluding steroid dienone is 3. The topological polar surface area (TPSA) is 45.3 Å². The van der Waals surface area contributed by atoms with Crippen LogP contribution in [0, 0.1) is 18.8 Å². The van der Waals surface area contributed by atoms with Gasteiger partial charge in [-0.3, -0.25) is 0 Å². The Morgan fingerprint density at radius 2 is 1.69 bits per heavy atom. The highest BCUT2D eigenvalue weighted by Gasteiger charge is 2.16. The Bertz CT molecular complexity index is 1260. The quantitative estimate of drug-likeness (QED) is 0.0916. The van der Waals surface area contributed by atoms with Crippen LogP contribution in [0.3, 0.4) is 0 Å². The third kappa shape index (κ3) is 14.4. The van der Waals surface area contributed by atoms with Crippen LogP contribution < -0.4 is 20.7 Å². The number of ether oxygens (including phenoxy) is 1. The van der Waals surface area contributed by atoms with E-state index in [2.05, 4.69) is 138 Å². The number of rotatable bonds is 22. The van der Waals surface area contributed by atoms with Crippen LogP contribution in [-0.2, 0) is 6.42 Å². The van der Waals surface area contributed by atoms with Gasteiger partial charge in [0, 0.05) is 30.0 Å². The van der Waals surface area contributed by atoms with E-state index in [1.807, 2.05) is 6.07 Å². The van der Waals surface area contributed by atoms with E-state index in [1.54, 1.807) is 7.11 Å².